The summed E-state index contributed by atoms with van der Waals surface area (Å²) in [6, 6.07) is 4.27. The number of nitrogens with one attached hydrogen (secondary N) is 2. The average molecular weight is 339 g/mol. The minimum atomic E-state index is -0.596. The fourth-order valence-electron chi connectivity index (χ4n) is 2.18. The average Bonchev–Trinajstić information content (AvgIpc) is 2.85. The SMILES string of the molecule is CN[C@@H]1CN(c2ccc(NCC(=O)OC(C)(C)C)c(F)c2)C(=O)O1. The van der Waals surface area contributed by atoms with Gasteiger partial charge in [0, 0.05) is 0 Å². The molecule has 1 aromatic rings. The van der Waals surface area contributed by atoms with E-state index in [9.17, 15) is 14.0 Å². The number of carbonyl (C=O) groups excluding carboxylic acids is 2. The van der Waals surface area contributed by atoms with E-state index >= 15 is 0 Å². The molecular formula is C16H22FN3O4. The Labute approximate surface area is 140 Å². The van der Waals surface area contributed by atoms with Crippen molar-refractivity contribution in [2.24, 2.45) is 0 Å². The topological polar surface area (TPSA) is 79.9 Å². The maximum absolute atomic E-state index is 14.2. The highest BCUT2D eigenvalue weighted by Crippen LogP contribution is 2.25. The van der Waals surface area contributed by atoms with Crippen LogP contribution in [0.2, 0.25) is 0 Å². The van der Waals surface area contributed by atoms with Gasteiger partial charge in [-0.15, -0.1) is 0 Å². The summed E-state index contributed by atoms with van der Waals surface area (Å²) in [5.74, 6) is -1.05. The summed E-state index contributed by atoms with van der Waals surface area (Å²) in [5, 5.41) is 5.52. The number of ether oxygens (including phenoxy) is 2. The van der Waals surface area contributed by atoms with Crippen LogP contribution in [0.4, 0.5) is 20.6 Å². The van der Waals surface area contributed by atoms with Gasteiger partial charge in [0.1, 0.15) is 18.0 Å². The number of hydrogen-bond acceptors (Lipinski definition) is 6. The maximum atomic E-state index is 14.2. The van der Waals surface area contributed by atoms with Gasteiger partial charge < -0.3 is 14.8 Å². The molecular weight excluding hydrogens is 317 g/mol. The highest BCUT2D eigenvalue weighted by Gasteiger charge is 2.31. The normalized spacial score (nSPS) is 17.6. The third-order valence-electron chi connectivity index (χ3n) is 3.24. The molecule has 0 radical (unpaired) electrons. The molecule has 1 aliphatic heterocycles. The zero-order chi connectivity index (χ0) is 17.9. The zero-order valence-corrected chi connectivity index (χ0v) is 14.2. The first kappa shape index (κ1) is 18.0. The number of amides is 1. The van der Waals surface area contributed by atoms with Crippen LogP contribution in [-0.4, -0.2) is 44.0 Å². The predicted molar refractivity (Wildman–Crippen MR) is 87.4 cm³/mol. The second-order valence-electron chi connectivity index (χ2n) is 6.38. The highest BCUT2D eigenvalue weighted by atomic mass is 19.1. The van der Waals surface area contributed by atoms with Crippen LogP contribution >= 0.6 is 0 Å². The lowest BCUT2D eigenvalue weighted by Gasteiger charge is -2.20. The highest BCUT2D eigenvalue weighted by molar-refractivity contribution is 5.90. The molecule has 0 spiro atoms. The van der Waals surface area contributed by atoms with Crippen LogP contribution in [0.3, 0.4) is 0 Å². The van der Waals surface area contributed by atoms with Gasteiger partial charge in [-0.25, -0.2) is 9.18 Å². The number of carbonyl (C=O) groups is 2. The van der Waals surface area contributed by atoms with Crippen molar-refractivity contribution < 1.29 is 23.5 Å². The van der Waals surface area contributed by atoms with Crippen LogP contribution in [0.1, 0.15) is 20.8 Å². The smallest absolute Gasteiger partial charge is 0.416 e. The van der Waals surface area contributed by atoms with E-state index in [2.05, 4.69) is 10.6 Å². The second-order valence-corrected chi connectivity index (χ2v) is 6.38. The quantitative estimate of drug-likeness (QED) is 0.800. The van der Waals surface area contributed by atoms with Gasteiger partial charge in [0.25, 0.3) is 0 Å². The Kier molecular flexibility index (Phi) is 5.28. The van der Waals surface area contributed by atoms with Crippen molar-refractivity contribution in [2.45, 2.75) is 32.6 Å². The summed E-state index contributed by atoms with van der Waals surface area (Å²) in [6.45, 7) is 5.41. The van der Waals surface area contributed by atoms with Gasteiger partial charge in [-0.1, -0.05) is 0 Å². The van der Waals surface area contributed by atoms with Crippen molar-refractivity contribution >= 4 is 23.4 Å². The molecule has 1 fully saturated rings. The van der Waals surface area contributed by atoms with Crippen molar-refractivity contribution in [3.05, 3.63) is 24.0 Å². The third-order valence-corrected chi connectivity index (χ3v) is 3.24. The van der Waals surface area contributed by atoms with E-state index in [-0.39, 0.29) is 12.2 Å². The Morgan fingerprint density at radius 2 is 2.17 bits per heavy atom. The maximum Gasteiger partial charge on any atom is 0.416 e. The van der Waals surface area contributed by atoms with Gasteiger partial charge in [-0.05, 0) is 46.0 Å². The van der Waals surface area contributed by atoms with E-state index < -0.39 is 29.7 Å². The first-order chi connectivity index (χ1) is 11.2. The number of likely N-dealkylation sites (N-methyl/N-ethyl adjacent to an activating group) is 1. The molecule has 1 aliphatic rings. The number of rotatable bonds is 5. The van der Waals surface area contributed by atoms with E-state index in [1.165, 1.54) is 17.0 Å². The summed E-state index contributed by atoms with van der Waals surface area (Å²) < 4.78 is 24.4. The Morgan fingerprint density at radius 1 is 1.46 bits per heavy atom. The molecule has 1 amide bonds. The molecule has 1 aromatic carbocycles. The lowest BCUT2D eigenvalue weighted by atomic mass is 10.2. The minimum Gasteiger partial charge on any atom is -0.459 e. The van der Waals surface area contributed by atoms with Gasteiger partial charge in [0.05, 0.1) is 17.9 Å². The van der Waals surface area contributed by atoms with Gasteiger partial charge in [-0.3, -0.25) is 15.0 Å². The Morgan fingerprint density at radius 3 is 2.71 bits per heavy atom. The summed E-state index contributed by atoms with van der Waals surface area (Å²) in [6.07, 6.45) is -0.964. The number of halogens is 1. The number of anilines is 2. The van der Waals surface area contributed by atoms with E-state index in [1.54, 1.807) is 33.9 Å². The Balaban J connectivity index is 2.00. The molecule has 1 saturated heterocycles. The fourth-order valence-corrected chi connectivity index (χ4v) is 2.18. The number of esters is 1. The molecule has 2 N–H and O–H groups in total. The van der Waals surface area contributed by atoms with Gasteiger partial charge in [0.2, 0.25) is 0 Å². The molecule has 8 heteroatoms. The Hall–Kier alpha value is -2.35. The van der Waals surface area contributed by atoms with Crippen LogP contribution in [0, 0.1) is 5.82 Å². The molecule has 0 unspecified atom stereocenters. The van der Waals surface area contributed by atoms with Crippen LogP contribution in [0.5, 0.6) is 0 Å². The van der Waals surface area contributed by atoms with E-state index in [1.807, 2.05) is 0 Å². The van der Waals surface area contributed by atoms with Crippen LogP contribution in [-0.2, 0) is 14.3 Å². The van der Waals surface area contributed by atoms with Crippen molar-refractivity contribution in [1.82, 2.24) is 5.32 Å². The molecule has 0 aromatic heterocycles. The Bertz CT molecular complexity index is 630. The number of hydrogen-bond donors (Lipinski definition) is 2. The number of nitrogens with zero attached hydrogens (tertiary/aromatic N) is 1. The third kappa shape index (κ3) is 4.58. The molecule has 1 atom stereocenters. The zero-order valence-electron chi connectivity index (χ0n) is 14.2. The molecule has 132 valence electrons. The lowest BCUT2D eigenvalue weighted by Crippen LogP contribution is -2.30. The molecule has 0 saturated carbocycles. The van der Waals surface area contributed by atoms with Gasteiger partial charge in [0.15, 0.2) is 6.23 Å². The first-order valence-electron chi connectivity index (χ1n) is 7.60. The summed E-state index contributed by atoms with van der Waals surface area (Å²) >= 11 is 0. The van der Waals surface area contributed by atoms with Crippen LogP contribution in [0.15, 0.2) is 18.2 Å². The molecule has 2 rings (SSSR count). The lowest BCUT2D eigenvalue weighted by molar-refractivity contribution is -0.152. The summed E-state index contributed by atoms with van der Waals surface area (Å²) in [5.41, 5.74) is -0.0541. The van der Waals surface area contributed by atoms with Crippen molar-refractivity contribution in [1.29, 1.82) is 0 Å². The predicted octanol–water partition coefficient (Wildman–Crippen LogP) is 2.08. The van der Waals surface area contributed by atoms with Gasteiger partial charge >= 0.3 is 12.1 Å². The largest absolute Gasteiger partial charge is 0.459 e. The van der Waals surface area contributed by atoms with E-state index in [0.717, 1.165) is 0 Å². The summed E-state index contributed by atoms with van der Waals surface area (Å²) in [4.78, 5) is 24.7. The number of benzene rings is 1. The monoisotopic (exact) mass is 339 g/mol. The van der Waals surface area contributed by atoms with Crippen LogP contribution in [0.25, 0.3) is 0 Å². The van der Waals surface area contributed by atoms with E-state index in [0.29, 0.717) is 12.2 Å². The number of cyclic esters (lactones) is 1. The van der Waals surface area contributed by atoms with Crippen LogP contribution < -0.4 is 15.5 Å². The molecule has 0 aliphatic carbocycles. The standard InChI is InChI=1S/C16H22FN3O4/c1-16(2,3)24-14(21)8-19-12-6-5-10(7-11(12)17)20-9-13(18-4)23-15(20)22/h5-7,13,18-19H,8-9H2,1-4H3/t13-/m0/s1. The van der Waals surface area contributed by atoms with Crippen molar-refractivity contribution in [2.75, 3.05) is 30.4 Å². The minimum absolute atomic E-state index is 0.152. The molecule has 24 heavy (non-hydrogen) atoms. The molecule has 1 heterocycles. The first-order valence-corrected chi connectivity index (χ1v) is 7.60. The second kappa shape index (κ2) is 7.04. The molecule has 7 nitrogen and oxygen atoms in total. The summed E-state index contributed by atoms with van der Waals surface area (Å²) in [7, 11) is 1.67. The van der Waals surface area contributed by atoms with Crippen molar-refractivity contribution in [3.63, 3.8) is 0 Å². The van der Waals surface area contributed by atoms with Crippen molar-refractivity contribution in [3.8, 4) is 0 Å². The van der Waals surface area contributed by atoms with Gasteiger partial charge in [-0.2, -0.15) is 0 Å². The fraction of sp³-hybridized carbons (Fsp3) is 0.500. The van der Waals surface area contributed by atoms with E-state index in [4.69, 9.17) is 9.47 Å². The molecule has 0 bridgehead atoms.